The van der Waals surface area contributed by atoms with Gasteiger partial charge in [-0.1, -0.05) is 41.5 Å². The molecule has 0 saturated carbocycles. The van der Waals surface area contributed by atoms with Crippen molar-refractivity contribution in [2.75, 3.05) is 6.54 Å². The van der Waals surface area contributed by atoms with Crippen molar-refractivity contribution in [3.63, 3.8) is 0 Å². The number of amides is 1. The lowest BCUT2D eigenvalue weighted by molar-refractivity contribution is -0.124. The van der Waals surface area contributed by atoms with E-state index in [1.54, 1.807) is 0 Å². The summed E-state index contributed by atoms with van der Waals surface area (Å²) in [5, 5.41) is 2.92. The maximum absolute atomic E-state index is 11.7. The minimum atomic E-state index is -0.440. The van der Waals surface area contributed by atoms with Crippen molar-refractivity contribution in [1.82, 2.24) is 5.32 Å². The molecule has 0 radical (unpaired) electrons. The van der Waals surface area contributed by atoms with Gasteiger partial charge in [0.1, 0.15) is 0 Å². The van der Waals surface area contributed by atoms with Crippen LogP contribution in [0.15, 0.2) is 0 Å². The van der Waals surface area contributed by atoms with Gasteiger partial charge < -0.3 is 11.1 Å². The van der Waals surface area contributed by atoms with Crippen molar-refractivity contribution in [3.8, 4) is 0 Å². The molecule has 90 valence electrons. The minimum Gasteiger partial charge on any atom is -0.354 e. The number of nitrogens with two attached hydrogens (primary N) is 1. The number of rotatable bonds is 4. The van der Waals surface area contributed by atoms with E-state index in [1.165, 1.54) is 0 Å². The molecule has 3 heteroatoms. The molecule has 0 aliphatic carbocycles. The minimum absolute atomic E-state index is 0.0518. The molecule has 0 aromatic rings. The molecule has 3 N–H and O–H groups in total. The first-order valence-electron chi connectivity index (χ1n) is 5.63. The Morgan fingerprint density at radius 3 is 2.07 bits per heavy atom. The van der Waals surface area contributed by atoms with Crippen molar-refractivity contribution in [3.05, 3.63) is 0 Å². The summed E-state index contributed by atoms with van der Waals surface area (Å²) in [6.45, 7) is 13.0. The van der Waals surface area contributed by atoms with Gasteiger partial charge >= 0.3 is 0 Å². The molecule has 0 aromatic heterocycles. The van der Waals surface area contributed by atoms with Crippen LogP contribution in [0.5, 0.6) is 0 Å². The average molecular weight is 214 g/mol. The summed E-state index contributed by atoms with van der Waals surface area (Å²) in [4.78, 5) is 11.7. The Bertz CT molecular complexity index is 216. The molecular weight excluding hydrogens is 188 g/mol. The van der Waals surface area contributed by atoms with Crippen LogP contribution in [0.25, 0.3) is 0 Å². The maximum Gasteiger partial charge on any atom is 0.237 e. The highest BCUT2D eigenvalue weighted by molar-refractivity contribution is 5.82. The SMILES string of the molecule is CCC(C)(C)CNC(=O)C(N)C(C)(C)C. The van der Waals surface area contributed by atoms with Gasteiger partial charge in [-0.2, -0.15) is 0 Å². The van der Waals surface area contributed by atoms with Gasteiger partial charge in [-0.15, -0.1) is 0 Å². The standard InChI is InChI=1S/C12H26N2O/c1-7-12(5,6)8-14-10(15)9(13)11(2,3)4/h9H,7-8,13H2,1-6H3,(H,14,15). The summed E-state index contributed by atoms with van der Waals surface area (Å²) in [5.74, 6) is -0.0518. The molecule has 0 spiro atoms. The van der Waals surface area contributed by atoms with Crippen LogP contribution in [0.2, 0.25) is 0 Å². The van der Waals surface area contributed by atoms with E-state index in [2.05, 4.69) is 26.1 Å². The second kappa shape index (κ2) is 4.97. The Morgan fingerprint density at radius 2 is 1.73 bits per heavy atom. The predicted molar refractivity (Wildman–Crippen MR) is 64.5 cm³/mol. The smallest absolute Gasteiger partial charge is 0.237 e. The topological polar surface area (TPSA) is 55.1 Å². The highest BCUT2D eigenvalue weighted by atomic mass is 16.2. The Morgan fingerprint density at radius 1 is 1.27 bits per heavy atom. The molecule has 0 aliphatic heterocycles. The molecule has 1 unspecified atom stereocenters. The first-order chi connectivity index (χ1) is 6.60. The first-order valence-corrected chi connectivity index (χ1v) is 5.63. The van der Waals surface area contributed by atoms with Crippen LogP contribution in [-0.2, 0) is 4.79 Å². The van der Waals surface area contributed by atoms with Gasteiger partial charge in [0.15, 0.2) is 0 Å². The summed E-state index contributed by atoms with van der Waals surface area (Å²) in [6.07, 6.45) is 1.04. The van der Waals surface area contributed by atoms with Crippen molar-refractivity contribution >= 4 is 5.91 Å². The van der Waals surface area contributed by atoms with Gasteiger partial charge in [0.25, 0.3) is 0 Å². The second-order valence-electron chi connectivity index (χ2n) is 6.08. The lowest BCUT2D eigenvalue weighted by atomic mass is 9.86. The van der Waals surface area contributed by atoms with Crippen LogP contribution in [0, 0.1) is 10.8 Å². The molecule has 1 amide bonds. The Hall–Kier alpha value is -0.570. The fourth-order valence-corrected chi connectivity index (χ4v) is 0.955. The first kappa shape index (κ1) is 14.4. The summed E-state index contributed by atoms with van der Waals surface area (Å²) in [7, 11) is 0. The van der Waals surface area contributed by atoms with Crippen LogP contribution in [0.4, 0.5) is 0 Å². The number of nitrogens with one attached hydrogen (secondary N) is 1. The fraction of sp³-hybridized carbons (Fsp3) is 0.917. The van der Waals surface area contributed by atoms with Gasteiger partial charge in [0.05, 0.1) is 6.04 Å². The van der Waals surface area contributed by atoms with Crippen LogP contribution < -0.4 is 11.1 Å². The van der Waals surface area contributed by atoms with E-state index in [9.17, 15) is 4.79 Å². The number of hydrogen-bond donors (Lipinski definition) is 2. The molecule has 15 heavy (non-hydrogen) atoms. The highest BCUT2D eigenvalue weighted by Crippen LogP contribution is 2.20. The van der Waals surface area contributed by atoms with Gasteiger partial charge in [-0.25, -0.2) is 0 Å². The molecule has 0 rings (SSSR count). The monoisotopic (exact) mass is 214 g/mol. The average Bonchev–Trinajstić information content (AvgIpc) is 2.11. The van der Waals surface area contributed by atoms with Crippen molar-refractivity contribution in [2.45, 2.75) is 54.0 Å². The quantitative estimate of drug-likeness (QED) is 0.751. The Balaban J connectivity index is 4.17. The Kier molecular flexibility index (Phi) is 4.78. The lowest BCUT2D eigenvalue weighted by Gasteiger charge is -2.28. The van der Waals surface area contributed by atoms with E-state index < -0.39 is 6.04 Å². The number of carbonyl (C=O) groups excluding carboxylic acids is 1. The van der Waals surface area contributed by atoms with E-state index in [0.29, 0.717) is 6.54 Å². The highest BCUT2D eigenvalue weighted by Gasteiger charge is 2.28. The van der Waals surface area contributed by atoms with Crippen molar-refractivity contribution < 1.29 is 4.79 Å². The molecule has 1 atom stereocenters. The van der Waals surface area contributed by atoms with E-state index in [0.717, 1.165) is 6.42 Å². The molecule has 0 heterocycles. The molecule has 0 fully saturated rings. The van der Waals surface area contributed by atoms with Crippen LogP contribution in [-0.4, -0.2) is 18.5 Å². The van der Waals surface area contributed by atoms with Crippen LogP contribution in [0.3, 0.4) is 0 Å². The second-order valence-corrected chi connectivity index (χ2v) is 6.08. The van der Waals surface area contributed by atoms with Crippen LogP contribution >= 0.6 is 0 Å². The van der Waals surface area contributed by atoms with Gasteiger partial charge in [-0.3, -0.25) is 4.79 Å². The van der Waals surface area contributed by atoms with Gasteiger partial charge in [0.2, 0.25) is 5.91 Å². The third-order valence-electron chi connectivity index (χ3n) is 2.91. The van der Waals surface area contributed by atoms with E-state index >= 15 is 0 Å². The zero-order valence-corrected chi connectivity index (χ0v) is 11.0. The van der Waals surface area contributed by atoms with Gasteiger partial charge in [-0.05, 0) is 17.3 Å². The Labute approximate surface area is 93.8 Å². The zero-order chi connectivity index (χ0) is 12.3. The third-order valence-corrected chi connectivity index (χ3v) is 2.91. The van der Waals surface area contributed by atoms with E-state index in [1.807, 2.05) is 20.8 Å². The molecule has 0 aromatic carbocycles. The summed E-state index contributed by atoms with van der Waals surface area (Å²) >= 11 is 0. The summed E-state index contributed by atoms with van der Waals surface area (Å²) in [5.41, 5.74) is 5.82. The lowest BCUT2D eigenvalue weighted by Crippen LogP contribution is -2.50. The molecule has 0 saturated heterocycles. The molecule has 0 bridgehead atoms. The van der Waals surface area contributed by atoms with Crippen molar-refractivity contribution in [2.24, 2.45) is 16.6 Å². The predicted octanol–water partition coefficient (Wildman–Crippen LogP) is 1.91. The zero-order valence-electron chi connectivity index (χ0n) is 11.0. The summed E-state index contributed by atoms with van der Waals surface area (Å²) < 4.78 is 0. The van der Waals surface area contributed by atoms with Crippen molar-refractivity contribution in [1.29, 1.82) is 0 Å². The summed E-state index contributed by atoms with van der Waals surface area (Å²) in [6, 6.07) is -0.440. The van der Waals surface area contributed by atoms with Crippen LogP contribution in [0.1, 0.15) is 48.0 Å². The third kappa shape index (κ3) is 5.17. The largest absolute Gasteiger partial charge is 0.354 e. The fourth-order valence-electron chi connectivity index (χ4n) is 0.955. The normalized spacial score (nSPS) is 14.9. The molecule has 3 nitrogen and oxygen atoms in total. The molecular formula is C12H26N2O. The molecule has 0 aliphatic rings. The number of hydrogen-bond acceptors (Lipinski definition) is 2. The van der Waals surface area contributed by atoms with E-state index in [4.69, 9.17) is 5.73 Å². The number of carbonyl (C=O) groups is 1. The van der Waals surface area contributed by atoms with E-state index in [-0.39, 0.29) is 16.7 Å². The maximum atomic E-state index is 11.7. The van der Waals surface area contributed by atoms with Gasteiger partial charge in [0, 0.05) is 6.54 Å².